The lowest BCUT2D eigenvalue weighted by Gasteiger charge is -2.10. The summed E-state index contributed by atoms with van der Waals surface area (Å²) in [6.45, 7) is 0.354. The second-order valence-corrected chi connectivity index (χ2v) is 7.14. The number of nitrogens with one attached hydrogen (secondary N) is 1. The predicted octanol–water partition coefficient (Wildman–Crippen LogP) is 4.81. The Kier molecular flexibility index (Phi) is 7.45. The first-order valence-corrected chi connectivity index (χ1v) is 9.91. The van der Waals surface area contributed by atoms with E-state index >= 15 is 0 Å². The Bertz CT molecular complexity index is 1040. The number of hydrogen-bond acceptors (Lipinski definition) is 5. The Morgan fingerprint density at radius 3 is 2.43 bits per heavy atom. The molecule has 0 saturated carbocycles. The zero-order chi connectivity index (χ0) is 21.3. The molecule has 1 N–H and O–H groups in total. The maximum atomic E-state index is 12.6. The zero-order valence-corrected chi connectivity index (χ0v) is 18.2. The molecule has 7 heteroatoms. The van der Waals surface area contributed by atoms with Crippen LogP contribution in [0.1, 0.15) is 21.5 Å². The number of ether oxygens (including phenoxy) is 3. The molecule has 6 nitrogen and oxygen atoms in total. The van der Waals surface area contributed by atoms with Crippen LogP contribution in [0.25, 0.3) is 0 Å². The van der Waals surface area contributed by atoms with Crippen LogP contribution in [0.3, 0.4) is 0 Å². The molecule has 0 radical (unpaired) electrons. The number of methoxy groups -OCH3 is 2. The maximum Gasteiger partial charge on any atom is 0.275 e. The van der Waals surface area contributed by atoms with Crippen LogP contribution in [-0.4, -0.2) is 26.3 Å². The van der Waals surface area contributed by atoms with Gasteiger partial charge in [-0.05, 0) is 53.6 Å². The summed E-state index contributed by atoms with van der Waals surface area (Å²) in [5.74, 6) is 1.33. The molecule has 0 bridgehead atoms. The molecule has 0 aliphatic heterocycles. The standard InChI is InChI=1S/C23H21BrN2O4/c1-28-21-12-9-17(13-22(21)29-2)14-25-26-23(27)19-5-3-4-6-20(19)30-15-16-7-10-18(24)11-8-16/h3-14H,15H2,1-2H3,(H,26,27). The van der Waals surface area contributed by atoms with E-state index in [4.69, 9.17) is 14.2 Å². The molecule has 0 atom stereocenters. The first kappa shape index (κ1) is 21.4. The molecule has 154 valence electrons. The maximum absolute atomic E-state index is 12.6. The Labute approximate surface area is 183 Å². The van der Waals surface area contributed by atoms with E-state index in [0.717, 1.165) is 15.6 Å². The van der Waals surface area contributed by atoms with E-state index in [9.17, 15) is 4.79 Å². The molecule has 0 heterocycles. The van der Waals surface area contributed by atoms with Crippen molar-refractivity contribution >= 4 is 28.1 Å². The topological polar surface area (TPSA) is 69.2 Å². The minimum atomic E-state index is -0.363. The molecule has 30 heavy (non-hydrogen) atoms. The van der Waals surface area contributed by atoms with Crippen molar-refractivity contribution in [3.63, 3.8) is 0 Å². The van der Waals surface area contributed by atoms with Gasteiger partial charge in [-0.2, -0.15) is 5.10 Å². The number of rotatable bonds is 8. The van der Waals surface area contributed by atoms with Crippen LogP contribution in [0, 0.1) is 0 Å². The van der Waals surface area contributed by atoms with Crippen molar-refractivity contribution in [2.24, 2.45) is 5.10 Å². The smallest absolute Gasteiger partial charge is 0.275 e. The Balaban J connectivity index is 1.65. The first-order valence-electron chi connectivity index (χ1n) is 9.12. The second kappa shape index (κ2) is 10.5. The molecular weight excluding hydrogens is 448 g/mol. The average Bonchev–Trinajstić information content (AvgIpc) is 2.78. The largest absolute Gasteiger partial charge is 0.493 e. The molecule has 3 aromatic rings. The van der Waals surface area contributed by atoms with Crippen LogP contribution in [0.2, 0.25) is 0 Å². The molecule has 1 amide bonds. The highest BCUT2D eigenvalue weighted by Crippen LogP contribution is 2.27. The molecule has 0 fully saturated rings. The van der Waals surface area contributed by atoms with E-state index in [1.807, 2.05) is 36.4 Å². The number of para-hydroxylation sites is 1. The van der Waals surface area contributed by atoms with Crippen molar-refractivity contribution in [2.45, 2.75) is 6.61 Å². The predicted molar refractivity (Wildman–Crippen MR) is 120 cm³/mol. The zero-order valence-electron chi connectivity index (χ0n) is 16.6. The summed E-state index contributed by atoms with van der Waals surface area (Å²) in [5, 5.41) is 4.04. The fraction of sp³-hybridized carbons (Fsp3) is 0.130. The molecule has 0 aromatic heterocycles. The van der Waals surface area contributed by atoms with Gasteiger partial charge in [-0.15, -0.1) is 0 Å². The van der Waals surface area contributed by atoms with Crippen LogP contribution in [0.15, 0.2) is 76.3 Å². The van der Waals surface area contributed by atoms with E-state index in [1.165, 1.54) is 6.21 Å². The quantitative estimate of drug-likeness (QED) is 0.380. The molecule has 0 aliphatic rings. The highest BCUT2D eigenvalue weighted by atomic mass is 79.9. The van der Waals surface area contributed by atoms with Gasteiger partial charge in [0, 0.05) is 4.47 Å². The van der Waals surface area contributed by atoms with Crippen molar-refractivity contribution in [2.75, 3.05) is 14.2 Å². The molecule has 0 saturated heterocycles. The summed E-state index contributed by atoms with van der Waals surface area (Å²) < 4.78 is 17.3. The van der Waals surface area contributed by atoms with Gasteiger partial charge in [-0.25, -0.2) is 5.43 Å². The highest BCUT2D eigenvalue weighted by molar-refractivity contribution is 9.10. The van der Waals surface area contributed by atoms with E-state index in [-0.39, 0.29) is 5.91 Å². The number of nitrogens with zero attached hydrogens (tertiary/aromatic N) is 1. The highest BCUT2D eigenvalue weighted by Gasteiger charge is 2.11. The summed E-state index contributed by atoms with van der Waals surface area (Å²) >= 11 is 3.41. The Hall–Kier alpha value is -3.32. The van der Waals surface area contributed by atoms with Gasteiger partial charge in [0.2, 0.25) is 0 Å². The number of carbonyl (C=O) groups excluding carboxylic acids is 1. The number of carbonyl (C=O) groups is 1. The SMILES string of the molecule is COc1ccc(C=NNC(=O)c2ccccc2OCc2ccc(Br)cc2)cc1OC. The van der Waals surface area contributed by atoms with Crippen molar-refractivity contribution in [3.05, 3.63) is 87.9 Å². The lowest BCUT2D eigenvalue weighted by molar-refractivity contribution is 0.0950. The average molecular weight is 469 g/mol. The monoisotopic (exact) mass is 468 g/mol. The van der Waals surface area contributed by atoms with Crippen molar-refractivity contribution in [1.29, 1.82) is 0 Å². The minimum Gasteiger partial charge on any atom is -0.493 e. The van der Waals surface area contributed by atoms with Crippen molar-refractivity contribution in [3.8, 4) is 17.2 Å². The molecule has 0 aliphatic carbocycles. The Morgan fingerprint density at radius 2 is 1.70 bits per heavy atom. The van der Waals surface area contributed by atoms with Gasteiger partial charge in [-0.3, -0.25) is 4.79 Å². The van der Waals surface area contributed by atoms with Gasteiger partial charge in [0.05, 0.1) is 26.0 Å². The van der Waals surface area contributed by atoms with E-state index < -0.39 is 0 Å². The fourth-order valence-electron chi connectivity index (χ4n) is 2.68. The summed E-state index contributed by atoms with van der Waals surface area (Å²) in [6.07, 6.45) is 1.53. The fourth-order valence-corrected chi connectivity index (χ4v) is 2.94. The summed E-state index contributed by atoms with van der Waals surface area (Å²) in [5.41, 5.74) is 4.69. The number of amides is 1. The van der Waals surface area contributed by atoms with Crippen LogP contribution < -0.4 is 19.6 Å². The van der Waals surface area contributed by atoms with Crippen LogP contribution in [0.5, 0.6) is 17.2 Å². The van der Waals surface area contributed by atoms with Gasteiger partial charge < -0.3 is 14.2 Å². The molecule has 3 aromatic carbocycles. The van der Waals surface area contributed by atoms with Crippen LogP contribution >= 0.6 is 15.9 Å². The lowest BCUT2D eigenvalue weighted by atomic mass is 10.2. The molecule has 0 spiro atoms. The molecule has 3 rings (SSSR count). The second-order valence-electron chi connectivity index (χ2n) is 6.22. The third-order valence-corrected chi connectivity index (χ3v) is 4.76. The minimum absolute atomic E-state index is 0.354. The van der Waals surface area contributed by atoms with Gasteiger partial charge in [0.1, 0.15) is 12.4 Å². The normalized spacial score (nSPS) is 10.6. The number of halogens is 1. The van der Waals surface area contributed by atoms with E-state index in [2.05, 4.69) is 26.5 Å². The summed E-state index contributed by atoms with van der Waals surface area (Å²) in [4.78, 5) is 12.6. The summed E-state index contributed by atoms with van der Waals surface area (Å²) in [7, 11) is 3.13. The van der Waals surface area contributed by atoms with E-state index in [1.54, 1.807) is 44.6 Å². The molecule has 0 unspecified atom stereocenters. The van der Waals surface area contributed by atoms with Crippen molar-refractivity contribution < 1.29 is 19.0 Å². The summed E-state index contributed by atoms with van der Waals surface area (Å²) in [6, 6.07) is 20.2. The van der Waals surface area contributed by atoms with Crippen LogP contribution in [-0.2, 0) is 6.61 Å². The van der Waals surface area contributed by atoms with Crippen LogP contribution in [0.4, 0.5) is 0 Å². The third kappa shape index (κ3) is 5.61. The molecular formula is C23H21BrN2O4. The van der Waals surface area contributed by atoms with Gasteiger partial charge in [0.25, 0.3) is 5.91 Å². The third-order valence-electron chi connectivity index (χ3n) is 4.23. The van der Waals surface area contributed by atoms with Gasteiger partial charge in [-0.1, -0.05) is 40.2 Å². The van der Waals surface area contributed by atoms with Gasteiger partial charge in [0.15, 0.2) is 11.5 Å². The van der Waals surface area contributed by atoms with Crippen molar-refractivity contribution in [1.82, 2.24) is 5.43 Å². The number of hydrogen-bond donors (Lipinski definition) is 1. The number of hydrazone groups is 1. The number of benzene rings is 3. The first-order chi connectivity index (χ1) is 14.6. The van der Waals surface area contributed by atoms with Gasteiger partial charge >= 0.3 is 0 Å². The van der Waals surface area contributed by atoms with E-state index in [0.29, 0.717) is 29.4 Å². The Morgan fingerprint density at radius 1 is 0.967 bits per heavy atom. The lowest BCUT2D eigenvalue weighted by Crippen LogP contribution is -2.18.